The van der Waals surface area contributed by atoms with Gasteiger partial charge in [-0.1, -0.05) is 17.7 Å². The van der Waals surface area contributed by atoms with E-state index in [1.165, 1.54) is 12.1 Å². The molecule has 82 heavy (non-hydrogen) atoms. The summed E-state index contributed by atoms with van der Waals surface area (Å²) in [5.74, 6) is -2.74. The molecular weight excluding hydrogens is 1090 g/mol. The summed E-state index contributed by atoms with van der Waals surface area (Å²) in [6.07, 6.45) is 3.49. The van der Waals surface area contributed by atoms with Gasteiger partial charge in [0, 0.05) is 114 Å². The molecule has 2 aromatic carbocycles. The Balaban J connectivity index is 0.803. The van der Waals surface area contributed by atoms with Crippen molar-refractivity contribution < 1.29 is 67.4 Å². The first kappa shape index (κ1) is 65.0. The number of aliphatic carboxylic acids is 3. The Bertz CT molecular complexity index is 2610. The molecule has 6 rings (SSSR count). The average molecular weight is 1170 g/mol. The van der Waals surface area contributed by atoms with E-state index >= 15 is 0 Å². The molecule has 2 aromatic heterocycles. The molecule has 25 nitrogen and oxygen atoms in total. The number of imidazole rings is 1. The minimum Gasteiger partial charge on any atom is -0.480 e. The number of H-pyrrole nitrogens is 1. The maximum Gasteiger partial charge on any atom is 0.317 e. The number of piperidine rings is 1. The van der Waals surface area contributed by atoms with Gasteiger partial charge in [0.2, 0.25) is 11.8 Å². The highest BCUT2D eigenvalue weighted by Crippen LogP contribution is 2.44. The van der Waals surface area contributed by atoms with Crippen molar-refractivity contribution in [2.24, 2.45) is 5.73 Å². The maximum absolute atomic E-state index is 14.9. The number of aromatic nitrogens is 3. The largest absolute Gasteiger partial charge is 0.480 e. The molecule has 0 aliphatic carbocycles. The number of fused-ring (bicyclic) bond motifs is 1. The molecule has 2 amide bonds. The van der Waals surface area contributed by atoms with Crippen molar-refractivity contribution in [3.63, 3.8) is 0 Å². The number of amides is 2. The summed E-state index contributed by atoms with van der Waals surface area (Å²) >= 11 is 6.35. The number of nitrogens with one attached hydrogen (secondary N) is 4. The number of rotatable bonds is 33. The van der Waals surface area contributed by atoms with Crippen LogP contribution < -0.4 is 26.6 Å². The molecule has 4 aromatic rings. The van der Waals surface area contributed by atoms with Crippen LogP contribution in [0.15, 0.2) is 42.6 Å². The van der Waals surface area contributed by atoms with E-state index in [0.717, 1.165) is 40.7 Å². The highest BCUT2D eigenvalue weighted by molar-refractivity contribution is 6.31. The van der Waals surface area contributed by atoms with Gasteiger partial charge in [-0.2, -0.15) is 0 Å². The first-order chi connectivity index (χ1) is 39.6. The van der Waals surface area contributed by atoms with Gasteiger partial charge in [-0.05, 0) is 61.2 Å². The second kappa shape index (κ2) is 35.1. The lowest BCUT2D eigenvalue weighted by molar-refractivity contribution is -0.140. The molecule has 2 fully saturated rings. The van der Waals surface area contributed by atoms with Crippen LogP contribution in [0, 0.1) is 12.7 Å². The number of carbonyl (C=O) groups excluding carboxylic acids is 2. The van der Waals surface area contributed by atoms with E-state index in [-0.39, 0.29) is 89.1 Å². The van der Waals surface area contributed by atoms with Gasteiger partial charge in [0.15, 0.2) is 0 Å². The number of aromatic amines is 1. The molecule has 2 aliphatic rings. The Labute approximate surface area is 481 Å². The van der Waals surface area contributed by atoms with Crippen LogP contribution in [0.4, 0.5) is 15.9 Å². The summed E-state index contributed by atoms with van der Waals surface area (Å²) in [6.45, 7) is 9.05. The fraction of sp³-hybridized carbons (Fsp3) is 0.582. The van der Waals surface area contributed by atoms with Crippen molar-refractivity contribution in [2.75, 3.05) is 188 Å². The number of nitrogens with two attached hydrogens (primary N) is 1. The maximum atomic E-state index is 14.9. The molecule has 0 atom stereocenters. The smallest absolute Gasteiger partial charge is 0.317 e. The molecule has 0 bridgehead atoms. The molecule has 452 valence electrons. The fourth-order valence-electron chi connectivity index (χ4n) is 9.44. The molecule has 0 unspecified atom stereocenters. The third-order valence-electron chi connectivity index (χ3n) is 13.6. The van der Waals surface area contributed by atoms with E-state index in [1.54, 1.807) is 27.0 Å². The van der Waals surface area contributed by atoms with Crippen molar-refractivity contribution >= 4 is 63.9 Å². The molecule has 2 saturated heterocycles. The number of carbonyl (C=O) groups is 5. The zero-order chi connectivity index (χ0) is 58.6. The number of benzene rings is 2. The molecule has 0 radical (unpaired) electrons. The van der Waals surface area contributed by atoms with Crippen molar-refractivity contribution in [3.05, 3.63) is 59.0 Å². The molecule has 4 heterocycles. The number of carboxylic acids is 3. The van der Waals surface area contributed by atoms with Gasteiger partial charge in [-0.3, -0.25) is 43.6 Å². The summed E-state index contributed by atoms with van der Waals surface area (Å²) in [4.78, 5) is 82.6. The molecule has 0 spiro atoms. The number of carboxylic acid groups (broad SMARTS) is 3. The zero-order valence-electron chi connectivity index (χ0n) is 46.7. The van der Waals surface area contributed by atoms with Gasteiger partial charge in [-0.15, -0.1) is 0 Å². The lowest BCUT2D eigenvalue weighted by Crippen LogP contribution is -2.50. The summed E-state index contributed by atoms with van der Waals surface area (Å²) in [5.41, 5.74) is 11.6. The third kappa shape index (κ3) is 23.2. The molecule has 9 N–H and O–H groups in total. The highest BCUT2D eigenvalue weighted by Gasteiger charge is 2.28. The second-order valence-electron chi connectivity index (χ2n) is 20.1. The highest BCUT2D eigenvalue weighted by atomic mass is 35.5. The van der Waals surface area contributed by atoms with Crippen LogP contribution in [0.2, 0.25) is 5.02 Å². The number of hydrogen-bond donors (Lipinski definition) is 8. The SMILES string of the molecule is Cc1cc(F)cc(-c2cnc(NCCNC(=O)CCOCCOCCOCCOCCOCCNC(=O)CN3CCN(CC(=O)O)CCN(CC(=O)O)CCN(CC(=O)O)CC3)c(-c3nc4ccc(Cl)cc4[nH]3)c2N2CCC(N)CC2)c1. The van der Waals surface area contributed by atoms with E-state index in [9.17, 15) is 43.7 Å². The first-order valence-electron chi connectivity index (χ1n) is 27.8. The van der Waals surface area contributed by atoms with Crippen LogP contribution >= 0.6 is 11.6 Å². The molecular formula is C55H80ClFN12O13. The lowest BCUT2D eigenvalue weighted by atomic mass is 9.96. The minimum absolute atomic E-state index is 0.0127. The quantitative estimate of drug-likeness (QED) is 0.0316. The monoisotopic (exact) mass is 1170 g/mol. The van der Waals surface area contributed by atoms with Gasteiger partial charge < -0.3 is 70.6 Å². The number of aryl methyl sites for hydroxylation is 1. The van der Waals surface area contributed by atoms with Crippen LogP contribution in [0.1, 0.15) is 24.8 Å². The normalized spacial score (nSPS) is 15.7. The number of ether oxygens (including phenoxy) is 5. The summed E-state index contributed by atoms with van der Waals surface area (Å²) < 4.78 is 42.8. The minimum atomic E-state index is -1.03. The number of pyridine rings is 1. The van der Waals surface area contributed by atoms with Crippen LogP contribution in [-0.2, 0) is 47.7 Å². The Morgan fingerprint density at radius 1 is 0.659 bits per heavy atom. The van der Waals surface area contributed by atoms with Crippen molar-refractivity contribution in [1.29, 1.82) is 0 Å². The Kier molecular flexibility index (Phi) is 27.8. The van der Waals surface area contributed by atoms with Gasteiger partial charge >= 0.3 is 17.9 Å². The fourth-order valence-corrected chi connectivity index (χ4v) is 9.61. The van der Waals surface area contributed by atoms with Gasteiger partial charge in [0.25, 0.3) is 0 Å². The van der Waals surface area contributed by atoms with E-state index in [2.05, 4.69) is 25.8 Å². The van der Waals surface area contributed by atoms with Gasteiger partial charge in [0.05, 0.1) is 115 Å². The molecule has 2 aliphatic heterocycles. The van der Waals surface area contributed by atoms with Gasteiger partial charge in [0.1, 0.15) is 17.5 Å². The standard InChI is InChI=1S/C55H80ClFN12O13/c1-39-30-40(32-42(57)31-39)44-34-62-54(52(53(44)69-10-4-43(58)5-11-69)55-63-45-3-2-41(56)33-46(45)64-55)61-8-7-59-47(70)6-20-78-22-24-80-26-28-82-29-27-81-25-23-79-21-9-60-48(71)35-65-12-14-66(36-49(72)73)16-18-68(38-51(76)77)19-17-67(15-13-65)37-50(74)75/h2-3,30-34,43H,4-29,35-38,58H2,1H3,(H,59,70)(H,60,71)(H,61,62)(H,63,64)(H,72,73)(H,74,75)(H,76,77). The van der Waals surface area contributed by atoms with Crippen LogP contribution in [0.25, 0.3) is 33.5 Å². The Hall–Kier alpha value is -6.17. The van der Waals surface area contributed by atoms with Crippen LogP contribution in [-0.4, -0.2) is 263 Å². The summed E-state index contributed by atoms with van der Waals surface area (Å²) in [5, 5.41) is 38.0. The topological polar surface area (TPSA) is 312 Å². The second-order valence-corrected chi connectivity index (χ2v) is 20.5. The van der Waals surface area contributed by atoms with Crippen LogP contribution in [0.3, 0.4) is 0 Å². The lowest BCUT2D eigenvalue weighted by Gasteiger charge is -2.35. The van der Waals surface area contributed by atoms with Crippen LogP contribution in [0.5, 0.6) is 0 Å². The number of hydrogen-bond acceptors (Lipinski definition) is 19. The Morgan fingerprint density at radius 2 is 1.17 bits per heavy atom. The zero-order valence-corrected chi connectivity index (χ0v) is 47.5. The van der Waals surface area contributed by atoms with Crippen molar-refractivity contribution in [1.82, 2.24) is 45.2 Å². The van der Waals surface area contributed by atoms with E-state index in [1.807, 2.05) is 30.0 Å². The van der Waals surface area contributed by atoms with E-state index in [0.29, 0.717) is 146 Å². The predicted octanol–water partition coefficient (Wildman–Crippen LogP) is 1.91. The molecule has 27 heteroatoms. The third-order valence-corrected chi connectivity index (χ3v) is 13.8. The van der Waals surface area contributed by atoms with Gasteiger partial charge in [-0.25, -0.2) is 14.4 Å². The summed E-state index contributed by atoms with van der Waals surface area (Å²) in [6, 6.07) is 10.5. The average Bonchev–Trinajstić information content (AvgIpc) is 3.02. The van der Waals surface area contributed by atoms with E-state index in [4.69, 9.17) is 51.0 Å². The Morgan fingerprint density at radius 3 is 1.71 bits per heavy atom. The number of anilines is 2. The predicted molar refractivity (Wildman–Crippen MR) is 306 cm³/mol. The van der Waals surface area contributed by atoms with Crippen molar-refractivity contribution in [3.8, 4) is 22.5 Å². The van der Waals surface area contributed by atoms with Crippen molar-refractivity contribution in [2.45, 2.75) is 32.2 Å². The van der Waals surface area contributed by atoms with E-state index < -0.39 is 17.9 Å². The first-order valence-corrected chi connectivity index (χ1v) is 28.2. The number of nitrogens with zero attached hydrogens (tertiary/aromatic N) is 7. The summed E-state index contributed by atoms with van der Waals surface area (Å²) in [7, 11) is 0. The number of halogens is 2. The molecule has 0 saturated carbocycles.